The Morgan fingerprint density at radius 1 is 1.14 bits per heavy atom. The number of aliphatic hydroxyl groups is 1. The summed E-state index contributed by atoms with van der Waals surface area (Å²) in [4.78, 5) is 14.4. The molecule has 2 N–H and O–H groups in total. The lowest BCUT2D eigenvalue weighted by atomic mass is 10.2. The first-order valence-electron chi connectivity index (χ1n) is 7.49. The zero-order valence-corrected chi connectivity index (χ0v) is 13.5. The maximum absolute atomic E-state index is 12.3. The van der Waals surface area contributed by atoms with Gasteiger partial charge in [0.1, 0.15) is 0 Å². The Labute approximate surface area is 135 Å². The van der Waals surface area contributed by atoms with Gasteiger partial charge in [-0.3, -0.25) is 4.79 Å². The van der Waals surface area contributed by atoms with Crippen LogP contribution in [0.25, 0.3) is 0 Å². The Morgan fingerprint density at radius 2 is 1.82 bits per heavy atom. The quantitative estimate of drug-likeness (QED) is 0.818. The summed E-state index contributed by atoms with van der Waals surface area (Å²) in [6.45, 7) is 2.41. The number of nitrogens with one attached hydrogen (secondary N) is 1. The zero-order chi connectivity index (χ0) is 15.8. The molecule has 0 saturated heterocycles. The molecule has 1 unspecified atom stereocenters. The molecular formula is C18H21NO2S. The minimum Gasteiger partial charge on any atom is -0.393 e. The number of rotatable bonds is 7. The van der Waals surface area contributed by atoms with E-state index in [1.165, 1.54) is 0 Å². The number of benzene rings is 2. The lowest BCUT2D eigenvalue weighted by Crippen LogP contribution is -2.27. The van der Waals surface area contributed by atoms with Crippen LogP contribution in [0.4, 0.5) is 0 Å². The van der Waals surface area contributed by atoms with Crippen molar-refractivity contribution in [1.29, 1.82) is 0 Å². The first-order chi connectivity index (χ1) is 10.7. The van der Waals surface area contributed by atoms with E-state index < -0.39 is 0 Å². The van der Waals surface area contributed by atoms with Gasteiger partial charge in [0, 0.05) is 16.3 Å². The molecule has 0 aliphatic heterocycles. The van der Waals surface area contributed by atoms with Crippen LogP contribution in [0.15, 0.2) is 64.4 Å². The molecule has 0 aliphatic carbocycles. The molecule has 2 rings (SSSR count). The van der Waals surface area contributed by atoms with Crippen molar-refractivity contribution >= 4 is 17.7 Å². The third-order valence-corrected chi connectivity index (χ3v) is 4.42. The predicted molar refractivity (Wildman–Crippen MR) is 90.3 cm³/mol. The van der Waals surface area contributed by atoms with E-state index in [9.17, 15) is 9.90 Å². The average Bonchev–Trinajstić information content (AvgIpc) is 2.56. The zero-order valence-electron chi connectivity index (χ0n) is 12.7. The summed E-state index contributed by atoms with van der Waals surface area (Å²) >= 11 is 1.58. The van der Waals surface area contributed by atoms with Gasteiger partial charge >= 0.3 is 0 Å². The molecule has 0 aromatic heterocycles. The van der Waals surface area contributed by atoms with Crippen molar-refractivity contribution in [2.75, 3.05) is 6.54 Å². The Balaban J connectivity index is 2.03. The van der Waals surface area contributed by atoms with E-state index in [1.54, 1.807) is 11.8 Å². The van der Waals surface area contributed by atoms with Gasteiger partial charge in [0.05, 0.1) is 11.7 Å². The van der Waals surface area contributed by atoms with Crippen molar-refractivity contribution < 1.29 is 9.90 Å². The van der Waals surface area contributed by atoms with Crippen molar-refractivity contribution in [3.63, 3.8) is 0 Å². The van der Waals surface area contributed by atoms with E-state index in [4.69, 9.17) is 0 Å². The van der Waals surface area contributed by atoms with Crippen LogP contribution in [-0.4, -0.2) is 23.7 Å². The summed E-state index contributed by atoms with van der Waals surface area (Å²) in [5, 5.41) is 12.4. The smallest absolute Gasteiger partial charge is 0.252 e. The molecule has 116 valence electrons. The second-order valence-electron chi connectivity index (χ2n) is 5.02. The van der Waals surface area contributed by atoms with Crippen LogP contribution >= 0.6 is 11.8 Å². The summed E-state index contributed by atoms with van der Waals surface area (Å²) in [6.07, 6.45) is 0.932. The predicted octanol–water partition coefficient (Wildman–Crippen LogP) is 3.73. The van der Waals surface area contributed by atoms with Crippen molar-refractivity contribution in [1.82, 2.24) is 5.32 Å². The number of carbonyl (C=O) groups is 1. The minimum atomic E-state index is -0.353. The molecule has 0 aliphatic rings. The van der Waals surface area contributed by atoms with Gasteiger partial charge in [0.25, 0.3) is 5.91 Å². The van der Waals surface area contributed by atoms with Crippen molar-refractivity contribution in [2.45, 2.75) is 35.7 Å². The van der Waals surface area contributed by atoms with Crippen LogP contribution in [0, 0.1) is 0 Å². The van der Waals surface area contributed by atoms with Crippen LogP contribution in [-0.2, 0) is 0 Å². The highest BCUT2D eigenvalue weighted by Crippen LogP contribution is 2.30. The molecule has 0 radical (unpaired) electrons. The number of amides is 1. The average molecular weight is 315 g/mol. The third kappa shape index (κ3) is 4.90. The summed E-state index contributed by atoms with van der Waals surface area (Å²) in [5.74, 6) is -0.0951. The Kier molecular flexibility index (Phi) is 6.49. The highest BCUT2D eigenvalue weighted by atomic mass is 32.2. The second-order valence-corrected chi connectivity index (χ2v) is 6.13. The minimum absolute atomic E-state index is 0.0951. The maximum Gasteiger partial charge on any atom is 0.252 e. The molecule has 3 nitrogen and oxygen atoms in total. The largest absolute Gasteiger partial charge is 0.393 e. The monoisotopic (exact) mass is 315 g/mol. The van der Waals surface area contributed by atoms with E-state index in [0.29, 0.717) is 24.9 Å². The van der Waals surface area contributed by atoms with Crippen LogP contribution in [0.1, 0.15) is 30.1 Å². The fourth-order valence-corrected chi connectivity index (χ4v) is 2.97. The first kappa shape index (κ1) is 16.6. The van der Waals surface area contributed by atoms with Crippen molar-refractivity contribution in [3.05, 3.63) is 60.2 Å². The molecule has 0 saturated carbocycles. The lowest BCUT2D eigenvalue weighted by Gasteiger charge is -2.11. The summed E-state index contributed by atoms with van der Waals surface area (Å²) < 4.78 is 0. The maximum atomic E-state index is 12.3. The molecule has 0 fully saturated rings. The van der Waals surface area contributed by atoms with Gasteiger partial charge < -0.3 is 10.4 Å². The van der Waals surface area contributed by atoms with E-state index in [1.807, 2.05) is 61.5 Å². The summed E-state index contributed by atoms with van der Waals surface area (Å²) in [5.41, 5.74) is 0.669. The fraction of sp³-hybridized carbons (Fsp3) is 0.278. The summed E-state index contributed by atoms with van der Waals surface area (Å²) in [7, 11) is 0. The second kappa shape index (κ2) is 8.61. The number of carbonyl (C=O) groups excluding carboxylic acids is 1. The van der Waals surface area contributed by atoms with Gasteiger partial charge in [-0.1, -0.05) is 49.0 Å². The molecule has 4 heteroatoms. The molecule has 1 amide bonds. The third-order valence-electron chi connectivity index (χ3n) is 3.34. The van der Waals surface area contributed by atoms with Gasteiger partial charge in [-0.05, 0) is 37.1 Å². The van der Waals surface area contributed by atoms with E-state index in [-0.39, 0.29) is 12.0 Å². The Hall–Kier alpha value is -1.78. The molecule has 2 aromatic carbocycles. The van der Waals surface area contributed by atoms with Gasteiger partial charge in [0.15, 0.2) is 0 Å². The van der Waals surface area contributed by atoms with Gasteiger partial charge in [-0.15, -0.1) is 0 Å². The van der Waals surface area contributed by atoms with E-state index >= 15 is 0 Å². The molecule has 0 heterocycles. The van der Waals surface area contributed by atoms with Crippen LogP contribution in [0.5, 0.6) is 0 Å². The standard InChI is InChI=1S/C18H21NO2S/c1-2-14(20)12-13-19-18(21)16-10-6-7-11-17(16)22-15-8-4-3-5-9-15/h3-11,14,20H,2,12-13H2,1H3,(H,19,21). The van der Waals surface area contributed by atoms with E-state index in [2.05, 4.69) is 5.32 Å². The molecule has 2 aromatic rings. The van der Waals surface area contributed by atoms with Crippen LogP contribution in [0.2, 0.25) is 0 Å². The number of aliphatic hydroxyl groups excluding tert-OH is 1. The number of hydrogen-bond donors (Lipinski definition) is 2. The van der Waals surface area contributed by atoms with Crippen molar-refractivity contribution in [3.8, 4) is 0 Å². The fourth-order valence-electron chi connectivity index (χ4n) is 2.01. The van der Waals surface area contributed by atoms with Crippen LogP contribution < -0.4 is 5.32 Å². The molecule has 0 spiro atoms. The van der Waals surface area contributed by atoms with Gasteiger partial charge in [-0.25, -0.2) is 0 Å². The molecular weight excluding hydrogens is 294 g/mol. The van der Waals surface area contributed by atoms with Crippen molar-refractivity contribution in [2.24, 2.45) is 0 Å². The molecule has 22 heavy (non-hydrogen) atoms. The molecule has 1 atom stereocenters. The van der Waals surface area contributed by atoms with E-state index in [0.717, 1.165) is 9.79 Å². The number of hydrogen-bond acceptors (Lipinski definition) is 3. The Bertz CT molecular complexity index is 601. The SMILES string of the molecule is CCC(O)CCNC(=O)c1ccccc1Sc1ccccc1. The highest BCUT2D eigenvalue weighted by molar-refractivity contribution is 7.99. The normalized spacial score (nSPS) is 11.9. The van der Waals surface area contributed by atoms with Gasteiger partial charge in [0.2, 0.25) is 0 Å². The summed E-state index contributed by atoms with van der Waals surface area (Å²) in [6, 6.07) is 17.6. The van der Waals surface area contributed by atoms with Gasteiger partial charge in [-0.2, -0.15) is 0 Å². The lowest BCUT2D eigenvalue weighted by molar-refractivity contribution is 0.0939. The first-order valence-corrected chi connectivity index (χ1v) is 8.30. The Morgan fingerprint density at radius 3 is 2.55 bits per heavy atom. The highest BCUT2D eigenvalue weighted by Gasteiger charge is 2.12. The van der Waals surface area contributed by atoms with Crippen LogP contribution in [0.3, 0.4) is 0 Å². The topological polar surface area (TPSA) is 49.3 Å². The molecule has 0 bridgehead atoms.